The molecule has 0 saturated heterocycles. The van der Waals surface area contributed by atoms with Crippen LogP contribution >= 0.6 is 23.2 Å². The number of carbonyl (C=O) groups excluding carboxylic acids is 1. The number of amides is 1. The number of hydrogen-bond donors (Lipinski definition) is 4. The monoisotopic (exact) mass is 1120 g/mol. The van der Waals surface area contributed by atoms with Crippen molar-refractivity contribution in [2.75, 3.05) is 19.5 Å². The van der Waals surface area contributed by atoms with Crippen molar-refractivity contribution < 1.29 is 55.5 Å². The average molecular weight is 1120 g/mol. The number of anilines is 1. The van der Waals surface area contributed by atoms with E-state index in [9.17, 15) is 46.1 Å². The number of phenols is 1. The number of carbonyl (C=O) groups is 1. The van der Waals surface area contributed by atoms with Crippen LogP contribution in [0, 0.1) is 0 Å². The van der Waals surface area contributed by atoms with E-state index in [1.165, 1.54) is 38.5 Å². The molecule has 0 fully saturated rings. The van der Waals surface area contributed by atoms with Crippen LogP contribution in [-0.4, -0.2) is 94.8 Å². The summed E-state index contributed by atoms with van der Waals surface area (Å²) in [6.45, 7) is 3.36. The van der Waals surface area contributed by atoms with Crippen molar-refractivity contribution in [2.24, 2.45) is 25.4 Å². The summed E-state index contributed by atoms with van der Waals surface area (Å²) in [7, 11) is -6.15. The topological polar surface area (TPSA) is 284 Å². The smallest absolute Gasteiger partial charge is 0.871 e. The van der Waals surface area contributed by atoms with Crippen molar-refractivity contribution in [3.05, 3.63) is 166 Å². The van der Waals surface area contributed by atoms with Crippen molar-refractivity contribution >= 4 is 149 Å². The van der Waals surface area contributed by atoms with Crippen LogP contribution in [-0.2, 0) is 33.1 Å². The Bertz CT molecular complexity index is 3830. The van der Waals surface area contributed by atoms with E-state index in [2.05, 4.69) is 30.8 Å². The summed E-state index contributed by atoms with van der Waals surface area (Å²) in [6.07, 6.45) is 0.389. The number of aromatic hydroxyl groups is 1. The summed E-state index contributed by atoms with van der Waals surface area (Å²) >= 11 is 12.1. The van der Waals surface area contributed by atoms with Gasteiger partial charge in [-0.25, -0.2) is 0 Å². The molecule has 0 atom stereocenters. The molecule has 0 bridgehead atoms. The molecule has 8 aromatic rings. The fourth-order valence-electron chi connectivity index (χ4n) is 7.67. The molecule has 0 saturated carbocycles. The van der Waals surface area contributed by atoms with Crippen molar-refractivity contribution in [3.63, 3.8) is 0 Å². The molecule has 0 aliphatic carbocycles. The minimum absolute atomic E-state index is 0. The molecule has 8 rings (SSSR count). The van der Waals surface area contributed by atoms with E-state index in [-0.39, 0.29) is 111 Å². The second-order valence-corrected chi connectivity index (χ2v) is 19.5. The number of benzene rings is 8. The normalized spacial score (nSPS) is 11.9. The van der Waals surface area contributed by atoms with Gasteiger partial charge in [-0.15, -0.1) is 5.11 Å². The van der Waals surface area contributed by atoms with E-state index in [0.29, 0.717) is 44.4 Å². The SMILES string of the molecule is CCc1c(N=Nc2c(O)c(C(=O)Nc3cccc(OC)c3)cc3ccccc23)cc(Cl)cc1S(=O)(=O)O.CCc1c(N=Nc2c([O-])c(C([O-])=Nc3cccc(OC)c3)cc3ccccc23)cc(Cl)cc1S(=O)(=O)O.[Ca+2]. The summed E-state index contributed by atoms with van der Waals surface area (Å²) in [5.74, 6) is -1.42. The van der Waals surface area contributed by atoms with Gasteiger partial charge in [0.15, 0.2) is 5.75 Å². The van der Waals surface area contributed by atoms with E-state index < -0.39 is 48.4 Å². The van der Waals surface area contributed by atoms with Crippen LogP contribution < -0.4 is 25.0 Å². The third-order valence-electron chi connectivity index (χ3n) is 11.1. The molecule has 0 heterocycles. The van der Waals surface area contributed by atoms with Gasteiger partial charge in [0.2, 0.25) is 0 Å². The quantitative estimate of drug-likeness (QED) is 0.0260. The maximum atomic E-state index is 13.4. The summed E-state index contributed by atoms with van der Waals surface area (Å²) < 4.78 is 77.0. The van der Waals surface area contributed by atoms with Gasteiger partial charge in [0, 0.05) is 49.8 Å². The van der Waals surface area contributed by atoms with Gasteiger partial charge in [-0.3, -0.25) is 18.9 Å². The van der Waals surface area contributed by atoms with Crippen LogP contribution in [0.5, 0.6) is 23.0 Å². The second-order valence-electron chi connectivity index (χ2n) is 15.8. The fraction of sp³-hybridized carbons (Fsp3) is 0.115. The van der Waals surface area contributed by atoms with Crippen LogP contribution in [0.15, 0.2) is 169 Å². The molecule has 0 aliphatic heterocycles. The van der Waals surface area contributed by atoms with E-state index in [0.717, 1.165) is 12.1 Å². The molecule has 0 unspecified atom stereocenters. The largest absolute Gasteiger partial charge is 2.00 e. The van der Waals surface area contributed by atoms with Crippen LogP contribution in [0.1, 0.15) is 40.9 Å². The van der Waals surface area contributed by atoms with E-state index >= 15 is 0 Å². The van der Waals surface area contributed by atoms with E-state index in [1.54, 1.807) is 111 Å². The van der Waals surface area contributed by atoms with Crippen LogP contribution in [0.25, 0.3) is 21.5 Å². The number of nitrogens with zero attached hydrogens (tertiary/aromatic N) is 5. The summed E-state index contributed by atoms with van der Waals surface area (Å²) in [4.78, 5) is 16.4. The standard InChI is InChI=1S/2C26H22ClN3O6S.Ca/c2*1-3-19-22(12-16(27)13-23(19)37(33,34)35)29-30-24-20-10-5-4-7-15(20)11-21(25(24)31)26(32)28-17-8-6-9-18(14-17)36-2;/h2*4-14,31H,3H2,1-2H3,(H,28,32)(H,33,34,35);/q;;+2/p-2. The number of halogens is 2. The Balaban J connectivity index is 0.000000241. The molecular weight excluding hydrogens is 1080 g/mol. The first kappa shape index (κ1) is 57.6. The van der Waals surface area contributed by atoms with Gasteiger partial charge in [0.1, 0.15) is 27.0 Å². The number of aliphatic imine (C=N–C) groups is 1. The van der Waals surface area contributed by atoms with Crippen LogP contribution in [0.4, 0.5) is 34.1 Å². The molecule has 0 aromatic heterocycles. The van der Waals surface area contributed by atoms with Crippen LogP contribution in [0.2, 0.25) is 10.0 Å². The zero-order chi connectivity index (χ0) is 53.5. The van der Waals surface area contributed by atoms with Gasteiger partial charge < -0.3 is 30.1 Å². The third kappa shape index (κ3) is 13.6. The predicted molar refractivity (Wildman–Crippen MR) is 285 cm³/mol. The number of rotatable bonds is 14. The van der Waals surface area contributed by atoms with Crippen LogP contribution in [0.3, 0.4) is 0 Å². The number of phenolic OH excluding ortho intramolecular Hbond substituents is 1. The average Bonchev–Trinajstić information content (AvgIpc) is 3.37. The first-order valence-electron chi connectivity index (χ1n) is 22.0. The maximum Gasteiger partial charge on any atom is 2.00 e. The number of nitrogens with one attached hydrogen (secondary N) is 1. The zero-order valence-corrected chi connectivity index (χ0v) is 45.5. The molecule has 23 heteroatoms. The van der Waals surface area contributed by atoms with Gasteiger partial charge in [-0.1, -0.05) is 103 Å². The second kappa shape index (κ2) is 24.7. The number of azo groups is 2. The number of hydrogen-bond acceptors (Lipinski definition) is 15. The Morgan fingerprint density at radius 1 is 0.627 bits per heavy atom. The number of fused-ring (bicyclic) bond motifs is 2. The molecule has 0 spiro atoms. The molecular formula is C52H42CaCl2N6O12S2. The minimum Gasteiger partial charge on any atom is -0.871 e. The molecule has 18 nitrogen and oxygen atoms in total. The van der Waals surface area contributed by atoms with Gasteiger partial charge in [0.25, 0.3) is 26.1 Å². The predicted octanol–water partition coefficient (Wildman–Crippen LogP) is 11.5. The Morgan fingerprint density at radius 3 is 1.63 bits per heavy atom. The Hall–Kier alpha value is -6.72. The molecule has 0 radical (unpaired) electrons. The molecule has 0 aliphatic rings. The zero-order valence-electron chi connectivity index (χ0n) is 40.1. The van der Waals surface area contributed by atoms with Gasteiger partial charge >= 0.3 is 37.7 Å². The molecule has 4 N–H and O–H groups in total. The first-order chi connectivity index (χ1) is 35.2. The van der Waals surface area contributed by atoms with Crippen molar-refractivity contribution in [1.82, 2.24) is 0 Å². The number of methoxy groups -OCH3 is 2. The van der Waals surface area contributed by atoms with Gasteiger partial charge in [-0.05, 0) is 95.7 Å². The Labute approximate surface area is 470 Å². The van der Waals surface area contributed by atoms with Crippen molar-refractivity contribution in [2.45, 2.75) is 36.5 Å². The van der Waals surface area contributed by atoms with E-state index in [1.807, 2.05) is 0 Å². The first-order valence-corrected chi connectivity index (χ1v) is 25.6. The van der Waals surface area contributed by atoms with Crippen molar-refractivity contribution in [3.8, 4) is 23.0 Å². The molecule has 75 heavy (non-hydrogen) atoms. The van der Waals surface area contributed by atoms with E-state index in [4.69, 9.17) is 32.7 Å². The van der Waals surface area contributed by atoms with Gasteiger partial charge in [0.05, 0.1) is 42.5 Å². The maximum absolute atomic E-state index is 13.4. The Kier molecular flexibility index (Phi) is 19.0. The van der Waals surface area contributed by atoms with Gasteiger partial charge in [-0.2, -0.15) is 32.2 Å². The molecule has 1 amide bonds. The van der Waals surface area contributed by atoms with Crippen molar-refractivity contribution in [1.29, 1.82) is 0 Å². The summed E-state index contributed by atoms with van der Waals surface area (Å²) in [5.41, 5.74) is 0.919. The molecule has 380 valence electrons. The summed E-state index contributed by atoms with van der Waals surface area (Å²) in [5, 5.41) is 58.9. The minimum atomic E-state index is -4.58. The Morgan fingerprint density at radius 2 is 1.11 bits per heavy atom. The number of ether oxygens (including phenoxy) is 2. The third-order valence-corrected chi connectivity index (χ3v) is 13.4. The fourth-order valence-corrected chi connectivity index (χ4v) is 9.90. The molecule has 8 aromatic carbocycles. The summed E-state index contributed by atoms with van der Waals surface area (Å²) in [6, 6.07) is 35.1.